The summed E-state index contributed by atoms with van der Waals surface area (Å²) < 4.78 is 5.55. The Kier molecular flexibility index (Phi) is 6.68. The number of nitrogens with zero attached hydrogens (tertiary/aromatic N) is 4. The maximum Gasteiger partial charge on any atom is 0.234 e. The number of aromatic nitrogens is 3. The van der Waals surface area contributed by atoms with E-state index in [1.807, 2.05) is 6.07 Å². The van der Waals surface area contributed by atoms with Gasteiger partial charge in [0, 0.05) is 43.7 Å². The summed E-state index contributed by atoms with van der Waals surface area (Å²) in [4.78, 5) is 20.9. The highest BCUT2D eigenvalue weighted by Gasteiger charge is 2.24. The Bertz CT molecular complexity index is 1030. The van der Waals surface area contributed by atoms with E-state index in [1.54, 1.807) is 17.2 Å². The van der Waals surface area contributed by atoms with E-state index < -0.39 is 6.10 Å². The van der Waals surface area contributed by atoms with Gasteiger partial charge in [0.05, 0.1) is 37.3 Å². The van der Waals surface area contributed by atoms with Crippen molar-refractivity contribution in [2.24, 2.45) is 0 Å². The van der Waals surface area contributed by atoms with Crippen LogP contribution in [-0.4, -0.2) is 82.3 Å². The van der Waals surface area contributed by atoms with Crippen molar-refractivity contribution >= 4 is 29.6 Å². The number of amides is 1. The number of carbonyl (C=O) groups is 1. The summed E-state index contributed by atoms with van der Waals surface area (Å²) in [5.74, 6) is 7.69. The molecule has 1 amide bonds. The topological polar surface area (TPSA) is 130 Å². The lowest BCUT2D eigenvalue weighted by atomic mass is 10.1. The van der Waals surface area contributed by atoms with Crippen molar-refractivity contribution in [2.75, 3.05) is 43.1 Å². The molecule has 2 aromatic heterocycles. The SMILES string of the molecule is C[C@@H]1COCCN1c1cc(C#CCC(=O)N2CCC(O)C2)c(C=N)c(Nc2cc[nH]n2)n1. The molecule has 1 unspecified atom stereocenters. The highest BCUT2D eigenvalue weighted by Crippen LogP contribution is 2.26. The van der Waals surface area contributed by atoms with Crippen LogP contribution < -0.4 is 10.2 Å². The summed E-state index contributed by atoms with van der Waals surface area (Å²) in [5, 5.41) is 27.6. The maximum atomic E-state index is 12.4. The number of hydrogen-bond donors (Lipinski definition) is 4. The number of rotatable bonds is 5. The van der Waals surface area contributed by atoms with Gasteiger partial charge in [-0.2, -0.15) is 5.10 Å². The van der Waals surface area contributed by atoms with Crippen LogP contribution in [0.5, 0.6) is 0 Å². The number of morpholine rings is 1. The van der Waals surface area contributed by atoms with Gasteiger partial charge < -0.3 is 30.4 Å². The Labute approximate surface area is 186 Å². The number of hydrogen-bond acceptors (Lipinski definition) is 8. The third-order valence-electron chi connectivity index (χ3n) is 5.58. The van der Waals surface area contributed by atoms with E-state index >= 15 is 0 Å². The summed E-state index contributed by atoms with van der Waals surface area (Å²) in [6, 6.07) is 3.77. The smallest absolute Gasteiger partial charge is 0.234 e. The molecule has 4 rings (SSSR count). The Hall–Kier alpha value is -3.42. The first-order chi connectivity index (χ1) is 15.5. The summed E-state index contributed by atoms with van der Waals surface area (Å²) in [6.45, 7) is 4.89. The van der Waals surface area contributed by atoms with Crippen molar-refractivity contribution in [3.8, 4) is 11.8 Å². The molecule has 4 N–H and O–H groups in total. The lowest BCUT2D eigenvalue weighted by Crippen LogP contribution is -2.44. The first-order valence-electron chi connectivity index (χ1n) is 10.7. The number of aromatic amines is 1. The average Bonchev–Trinajstić information content (AvgIpc) is 3.45. The van der Waals surface area contributed by atoms with Crippen LogP contribution in [-0.2, 0) is 9.53 Å². The minimum atomic E-state index is -0.453. The van der Waals surface area contributed by atoms with Gasteiger partial charge in [0.15, 0.2) is 5.82 Å². The standard InChI is InChI=1S/C22H27N7O3/c1-15-14-32-10-9-29(15)20-11-16(3-2-4-21(31)28-8-6-17(30)13-28)18(12-23)22(26-20)25-19-5-7-24-27-19/h5,7,11-12,15,17,23,30H,4,6,8-10,13-14H2,1H3,(H2,24,25,26,27)/t15-,17?/m1/s1. The van der Waals surface area contributed by atoms with E-state index in [1.165, 1.54) is 6.21 Å². The van der Waals surface area contributed by atoms with Gasteiger partial charge in [-0.3, -0.25) is 9.89 Å². The maximum absolute atomic E-state index is 12.4. The molecule has 2 aliphatic heterocycles. The molecule has 2 aliphatic rings. The fourth-order valence-electron chi connectivity index (χ4n) is 3.85. The largest absolute Gasteiger partial charge is 0.391 e. The molecule has 0 saturated carbocycles. The zero-order chi connectivity index (χ0) is 22.5. The fraction of sp³-hybridized carbons (Fsp3) is 0.455. The van der Waals surface area contributed by atoms with Crippen molar-refractivity contribution in [1.29, 1.82) is 5.41 Å². The van der Waals surface area contributed by atoms with Crippen LogP contribution in [0, 0.1) is 17.3 Å². The molecule has 0 aliphatic carbocycles. The number of pyridine rings is 1. The van der Waals surface area contributed by atoms with Crippen molar-refractivity contribution in [2.45, 2.75) is 31.9 Å². The number of aliphatic hydroxyl groups excluding tert-OH is 1. The number of aliphatic hydroxyl groups is 1. The number of β-amino-alcohol motifs (C(OH)–C–C–N with tert-alkyl or cyclic N) is 1. The molecule has 0 radical (unpaired) electrons. The molecular weight excluding hydrogens is 410 g/mol. The molecule has 0 bridgehead atoms. The van der Waals surface area contributed by atoms with Gasteiger partial charge in [-0.25, -0.2) is 4.98 Å². The molecule has 168 valence electrons. The van der Waals surface area contributed by atoms with Gasteiger partial charge in [-0.15, -0.1) is 0 Å². The monoisotopic (exact) mass is 437 g/mol. The number of ether oxygens (including phenoxy) is 1. The average molecular weight is 438 g/mol. The molecule has 10 nitrogen and oxygen atoms in total. The molecule has 10 heteroatoms. The van der Waals surface area contributed by atoms with E-state index in [0.717, 1.165) is 5.82 Å². The van der Waals surface area contributed by atoms with E-state index in [2.05, 4.69) is 39.2 Å². The highest BCUT2D eigenvalue weighted by molar-refractivity contribution is 5.90. The third-order valence-corrected chi connectivity index (χ3v) is 5.58. The van der Waals surface area contributed by atoms with E-state index in [0.29, 0.717) is 62.0 Å². The van der Waals surface area contributed by atoms with Gasteiger partial charge in [0.25, 0.3) is 0 Å². The predicted molar refractivity (Wildman–Crippen MR) is 120 cm³/mol. The molecule has 0 spiro atoms. The molecule has 2 saturated heterocycles. The number of anilines is 3. The highest BCUT2D eigenvalue weighted by atomic mass is 16.5. The number of H-pyrrole nitrogens is 1. The second-order valence-corrected chi connectivity index (χ2v) is 7.90. The summed E-state index contributed by atoms with van der Waals surface area (Å²) >= 11 is 0. The van der Waals surface area contributed by atoms with Crippen LogP contribution >= 0.6 is 0 Å². The lowest BCUT2D eigenvalue weighted by Gasteiger charge is -2.34. The normalized spacial score (nSPS) is 20.6. The Morgan fingerprint density at radius 1 is 1.50 bits per heavy atom. The van der Waals surface area contributed by atoms with E-state index in [4.69, 9.17) is 15.1 Å². The van der Waals surface area contributed by atoms with Crippen molar-refractivity contribution in [1.82, 2.24) is 20.1 Å². The number of likely N-dealkylation sites (tertiary alicyclic amines) is 1. The van der Waals surface area contributed by atoms with E-state index in [9.17, 15) is 9.90 Å². The minimum absolute atomic E-state index is 0.0535. The van der Waals surface area contributed by atoms with Crippen molar-refractivity contribution in [3.63, 3.8) is 0 Å². The van der Waals surface area contributed by atoms with Crippen molar-refractivity contribution in [3.05, 3.63) is 29.5 Å². The van der Waals surface area contributed by atoms with Crippen LogP contribution in [0.1, 0.15) is 30.9 Å². The third kappa shape index (κ3) is 4.90. The molecular formula is C22H27N7O3. The second kappa shape index (κ2) is 9.80. The minimum Gasteiger partial charge on any atom is -0.391 e. The lowest BCUT2D eigenvalue weighted by molar-refractivity contribution is -0.129. The zero-order valence-electron chi connectivity index (χ0n) is 18.0. The number of carbonyl (C=O) groups excluding carboxylic acids is 1. The second-order valence-electron chi connectivity index (χ2n) is 7.90. The van der Waals surface area contributed by atoms with Crippen LogP contribution in [0.25, 0.3) is 0 Å². The fourth-order valence-corrected chi connectivity index (χ4v) is 3.85. The molecule has 4 heterocycles. The number of nitrogens with one attached hydrogen (secondary N) is 3. The van der Waals surface area contributed by atoms with Gasteiger partial charge in [0.2, 0.25) is 5.91 Å². The Balaban J connectivity index is 1.64. The van der Waals surface area contributed by atoms with Crippen LogP contribution in [0.4, 0.5) is 17.5 Å². The van der Waals surface area contributed by atoms with Crippen LogP contribution in [0.15, 0.2) is 18.3 Å². The molecule has 2 atom stereocenters. The molecule has 32 heavy (non-hydrogen) atoms. The van der Waals surface area contributed by atoms with Crippen LogP contribution in [0.2, 0.25) is 0 Å². The summed E-state index contributed by atoms with van der Waals surface area (Å²) in [6.07, 6.45) is 3.10. The molecule has 2 fully saturated rings. The van der Waals surface area contributed by atoms with E-state index in [-0.39, 0.29) is 18.4 Å². The van der Waals surface area contributed by atoms with Gasteiger partial charge in [0.1, 0.15) is 11.6 Å². The summed E-state index contributed by atoms with van der Waals surface area (Å²) in [5.41, 5.74) is 1.13. The Morgan fingerprint density at radius 2 is 2.38 bits per heavy atom. The molecule has 2 aromatic rings. The zero-order valence-corrected chi connectivity index (χ0v) is 18.0. The Morgan fingerprint density at radius 3 is 3.06 bits per heavy atom. The van der Waals surface area contributed by atoms with Gasteiger partial charge in [-0.05, 0) is 19.4 Å². The first kappa shape index (κ1) is 21.8. The van der Waals surface area contributed by atoms with Gasteiger partial charge >= 0.3 is 0 Å². The van der Waals surface area contributed by atoms with Crippen molar-refractivity contribution < 1.29 is 14.6 Å². The first-order valence-corrected chi connectivity index (χ1v) is 10.7. The quantitative estimate of drug-likeness (QED) is 0.407. The summed E-state index contributed by atoms with van der Waals surface area (Å²) in [7, 11) is 0. The van der Waals surface area contributed by atoms with Gasteiger partial charge in [-0.1, -0.05) is 11.8 Å². The molecule has 0 aromatic carbocycles. The van der Waals surface area contributed by atoms with Crippen LogP contribution in [0.3, 0.4) is 0 Å². The predicted octanol–water partition coefficient (Wildman–Crippen LogP) is 1.11.